The van der Waals surface area contributed by atoms with Crippen LogP contribution in [0.15, 0.2) is 77.4 Å². The maximum Gasteiger partial charge on any atom is 0.232 e. The highest BCUT2D eigenvalue weighted by Crippen LogP contribution is 2.51. The van der Waals surface area contributed by atoms with Crippen LogP contribution in [0.4, 0.5) is 0 Å². The number of nitriles is 1. The molecule has 2 fully saturated rings. The second kappa shape index (κ2) is 13.4. The molecule has 0 spiro atoms. The molecule has 1 N–H and O–H groups in total. The van der Waals surface area contributed by atoms with Crippen molar-refractivity contribution in [2.75, 3.05) is 6.61 Å². The Morgan fingerprint density at radius 3 is 2.13 bits per heavy atom. The van der Waals surface area contributed by atoms with Gasteiger partial charge in [-0.1, -0.05) is 67.6 Å². The lowest BCUT2D eigenvalue weighted by Gasteiger charge is -2.49. The molecule has 2 unspecified atom stereocenters. The molecule has 3 aliphatic rings. The van der Waals surface area contributed by atoms with Gasteiger partial charge >= 0.3 is 0 Å². The van der Waals surface area contributed by atoms with Gasteiger partial charge in [-0.2, -0.15) is 5.26 Å². The topological polar surface area (TPSA) is 102 Å². The fourth-order valence-electron chi connectivity index (χ4n) is 6.66. The monoisotopic (exact) mass is 627 g/mol. The van der Waals surface area contributed by atoms with Gasteiger partial charge in [0.1, 0.15) is 0 Å². The number of rotatable bonds is 10. The van der Waals surface area contributed by atoms with Gasteiger partial charge in [0.2, 0.25) is 5.91 Å². The molecule has 0 bridgehead atoms. The van der Waals surface area contributed by atoms with E-state index in [-0.39, 0.29) is 29.8 Å². The number of hydrogen-bond donors (Lipinski definition) is 1. The molecule has 3 aliphatic heterocycles. The van der Waals surface area contributed by atoms with Gasteiger partial charge in [0.25, 0.3) is 0 Å². The Morgan fingerprint density at radius 2 is 1.57 bits per heavy atom. The maximum absolute atomic E-state index is 13.0. The first-order valence-electron chi connectivity index (χ1n) is 16.4. The average Bonchev–Trinajstić information content (AvgIpc) is 3.45. The lowest BCUT2D eigenvalue weighted by molar-refractivity contribution is -0.230. The van der Waals surface area contributed by atoms with Crippen molar-refractivity contribution in [3.8, 4) is 6.07 Å². The van der Waals surface area contributed by atoms with Gasteiger partial charge in [-0.05, 0) is 58.7 Å². The Kier molecular flexibility index (Phi) is 9.91. The number of benzene rings is 2. The zero-order chi connectivity index (χ0) is 33.2. The SMILES string of the molecule is C[C@H]1O[C@@H]([C@]2(C)CC(/C=C3/CC(C)(COC(C)(C)C)C(=O)N3)=NC2(C)C#N)[C@H](OCc2ccccc2)C[C@H]1OCc1ccccc1. The Morgan fingerprint density at radius 1 is 0.978 bits per heavy atom. The van der Waals surface area contributed by atoms with E-state index in [1.807, 2.05) is 96.1 Å². The lowest BCUT2D eigenvalue weighted by Crippen LogP contribution is -2.59. The quantitative estimate of drug-likeness (QED) is 0.315. The summed E-state index contributed by atoms with van der Waals surface area (Å²) in [6.07, 6.45) is 2.44. The second-order valence-electron chi connectivity index (χ2n) is 14.8. The molecule has 8 heteroatoms. The Balaban J connectivity index is 1.37. The van der Waals surface area contributed by atoms with Crippen LogP contribution in [0, 0.1) is 22.2 Å². The van der Waals surface area contributed by atoms with Crippen LogP contribution in [0.2, 0.25) is 0 Å². The van der Waals surface area contributed by atoms with Crippen molar-refractivity contribution in [3.05, 3.63) is 83.6 Å². The number of carbonyl (C=O) groups is 1. The fraction of sp³-hybridized carbons (Fsp3) is 0.553. The maximum atomic E-state index is 13.0. The van der Waals surface area contributed by atoms with Crippen molar-refractivity contribution in [1.82, 2.24) is 5.32 Å². The lowest BCUT2D eigenvalue weighted by atomic mass is 9.65. The van der Waals surface area contributed by atoms with Gasteiger partial charge in [-0.25, -0.2) is 0 Å². The molecule has 2 aromatic carbocycles. The standard InChI is InChI=1S/C38H49N3O5/c1-26-31(43-22-27-14-10-8-11-15-27)19-32(44-23-28-16-12-9-13-17-28)33(46-26)37(6)21-30(41-38(37,7)24-39)18-29-20-36(5,34(42)40-29)25-45-35(2,3)4/h8-18,26,31-33H,19-23,25H2,1-7H3,(H,40,42)/b29-18-/t26-,31-,32-,33-,36?,37+,38?/m1/s1. The first kappa shape index (κ1) is 34.0. The van der Waals surface area contributed by atoms with Crippen molar-refractivity contribution in [2.45, 2.75) is 116 Å². The van der Waals surface area contributed by atoms with E-state index >= 15 is 0 Å². The smallest absolute Gasteiger partial charge is 0.232 e. The molecule has 2 aromatic rings. The molecule has 3 heterocycles. The van der Waals surface area contributed by atoms with Crippen LogP contribution in [-0.4, -0.2) is 53.8 Å². The minimum absolute atomic E-state index is 0.0623. The Hall–Kier alpha value is -3.35. The van der Waals surface area contributed by atoms with Crippen molar-refractivity contribution in [1.29, 1.82) is 5.26 Å². The van der Waals surface area contributed by atoms with Crippen molar-refractivity contribution in [3.63, 3.8) is 0 Å². The predicted molar refractivity (Wildman–Crippen MR) is 178 cm³/mol. The fourth-order valence-corrected chi connectivity index (χ4v) is 6.66. The van der Waals surface area contributed by atoms with Gasteiger partial charge in [-0.3, -0.25) is 9.79 Å². The summed E-state index contributed by atoms with van der Waals surface area (Å²) in [4.78, 5) is 18.0. The number of aliphatic imine (C=N–C) groups is 1. The molecule has 2 saturated heterocycles. The Bertz CT molecular complexity index is 1480. The largest absolute Gasteiger partial charge is 0.375 e. The third-order valence-electron chi connectivity index (χ3n) is 9.74. The molecule has 46 heavy (non-hydrogen) atoms. The highest BCUT2D eigenvalue weighted by molar-refractivity contribution is 6.00. The molecule has 7 atom stereocenters. The average molecular weight is 628 g/mol. The van der Waals surface area contributed by atoms with Crippen LogP contribution in [0.25, 0.3) is 0 Å². The minimum atomic E-state index is -1.07. The highest BCUT2D eigenvalue weighted by atomic mass is 16.6. The summed E-state index contributed by atoms with van der Waals surface area (Å²) in [5.41, 5.74) is 0.937. The third-order valence-corrected chi connectivity index (χ3v) is 9.74. The molecule has 0 radical (unpaired) electrons. The molecule has 0 saturated carbocycles. The number of amides is 1. The molecule has 0 aliphatic carbocycles. The summed E-state index contributed by atoms with van der Waals surface area (Å²) < 4.78 is 25.9. The van der Waals surface area contributed by atoms with Crippen LogP contribution in [0.1, 0.15) is 78.9 Å². The summed E-state index contributed by atoms with van der Waals surface area (Å²) in [6, 6.07) is 22.7. The highest BCUT2D eigenvalue weighted by Gasteiger charge is 2.59. The Labute approximate surface area is 274 Å². The number of nitrogens with zero attached hydrogens (tertiary/aromatic N) is 2. The number of carbonyl (C=O) groups excluding carboxylic acids is 1. The molecule has 0 aromatic heterocycles. The number of ether oxygens (including phenoxy) is 4. The number of hydrogen-bond acceptors (Lipinski definition) is 7. The molecule has 246 valence electrons. The van der Waals surface area contributed by atoms with Crippen molar-refractivity contribution in [2.24, 2.45) is 15.8 Å². The van der Waals surface area contributed by atoms with E-state index in [0.29, 0.717) is 39.1 Å². The molecular formula is C38H49N3O5. The zero-order valence-electron chi connectivity index (χ0n) is 28.3. The normalized spacial score (nSPS) is 33.9. The van der Waals surface area contributed by atoms with Crippen LogP contribution in [0.3, 0.4) is 0 Å². The summed E-state index contributed by atoms with van der Waals surface area (Å²) >= 11 is 0. The number of allylic oxidation sites excluding steroid dienone is 2. The van der Waals surface area contributed by atoms with E-state index in [9.17, 15) is 10.1 Å². The summed E-state index contributed by atoms with van der Waals surface area (Å²) in [5.74, 6) is -0.0623. The summed E-state index contributed by atoms with van der Waals surface area (Å²) in [6.45, 7) is 15.1. The van der Waals surface area contributed by atoms with E-state index in [4.69, 9.17) is 23.9 Å². The zero-order valence-corrected chi connectivity index (χ0v) is 28.3. The summed E-state index contributed by atoms with van der Waals surface area (Å²) in [7, 11) is 0. The van der Waals surface area contributed by atoms with Crippen molar-refractivity contribution >= 4 is 11.6 Å². The number of nitrogens with one attached hydrogen (secondary N) is 1. The van der Waals surface area contributed by atoms with Gasteiger partial charge in [0, 0.05) is 36.1 Å². The predicted octanol–water partition coefficient (Wildman–Crippen LogP) is 6.69. The molecular weight excluding hydrogens is 578 g/mol. The molecule has 1 amide bonds. The van der Waals surface area contributed by atoms with Gasteiger partial charge in [-0.15, -0.1) is 0 Å². The minimum Gasteiger partial charge on any atom is -0.375 e. The van der Waals surface area contributed by atoms with Gasteiger partial charge in [0.05, 0.1) is 61.3 Å². The van der Waals surface area contributed by atoms with Crippen LogP contribution >= 0.6 is 0 Å². The summed E-state index contributed by atoms with van der Waals surface area (Å²) in [5, 5.41) is 13.6. The molecule has 5 rings (SSSR count). The van der Waals surface area contributed by atoms with Crippen molar-refractivity contribution < 1.29 is 23.7 Å². The third kappa shape index (κ3) is 7.44. The van der Waals surface area contributed by atoms with E-state index < -0.39 is 22.5 Å². The first-order valence-corrected chi connectivity index (χ1v) is 16.4. The first-order chi connectivity index (χ1) is 21.7. The second-order valence-corrected chi connectivity index (χ2v) is 14.8. The van der Waals surface area contributed by atoms with E-state index in [1.54, 1.807) is 0 Å². The van der Waals surface area contributed by atoms with Crippen LogP contribution in [-0.2, 0) is 37.0 Å². The van der Waals surface area contributed by atoms with Gasteiger partial charge < -0.3 is 24.3 Å². The van der Waals surface area contributed by atoms with Gasteiger partial charge in [0.15, 0.2) is 5.54 Å². The van der Waals surface area contributed by atoms with Crippen LogP contribution < -0.4 is 5.32 Å². The van der Waals surface area contributed by atoms with Crippen LogP contribution in [0.5, 0.6) is 0 Å². The molecule has 8 nitrogen and oxygen atoms in total. The van der Waals surface area contributed by atoms with E-state index in [1.165, 1.54) is 0 Å². The van der Waals surface area contributed by atoms with E-state index in [2.05, 4.69) is 30.4 Å². The van der Waals surface area contributed by atoms with E-state index in [0.717, 1.165) is 22.5 Å².